The number of nitrogens with one attached hydrogen (secondary N) is 1. The van der Waals surface area contributed by atoms with Crippen LogP contribution < -0.4 is 5.32 Å². The van der Waals surface area contributed by atoms with E-state index in [-0.39, 0.29) is 0 Å². The normalized spacial score (nSPS) is 17.2. The first kappa shape index (κ1) is 14.0. The van der Waals surface area contributed by atoms with Gasteiger partial charge in [0.05, 0.1) is 0 Å². The van der Waals surface area contributed by atoms with Gasteiger partial charge in [-0.05, 0) is 28.8 Å². The summed E-state index contributed by atoms with van der Waals surface area (Å²) in [5.41, 5.74) is 1.90. The Bertz CT molecular complexity index is 382. The molecule has 2 heterocycles. The minimum absolute atomic E-state index is 0.345. The Morgan fingerprint density at radius 3 is 2.94 bits per heavy atom. The molecule has 0 atom stereocenters. The minimum Gasteiger partial charge on any atom is -0.314 e. The predicted octanol–water partition coefficient (Wildman–Crippen LogP) is 3.13. The lowest BCUT2D eigenvalue weighted by atomic mass is 9.91. The summed E-state index contributed by atoms with van der Waals surface area (Å²) in [5, 5.41) is 5.80. The molecule has 102 valence electrons. The highest BCUT2D eigenvalue weighted by Crippen LogP contribution is 2.26. The summed E-state index contributed by atoms with van der Waals surface area (Å²) in [4.78, 5) is 4.21. The van der Waals surface area contributed by atoms with Crippen LogP contribution in [0.25, 0.3) is 0 Å². The van der Waals surface area contributed by atoms with Crippen molar-refractivity contribution in [3.8, 4) is 0 Å². The van der Waals surface area contributed by atoms with Crippen molar-refractivity contribution in [1.82, 2.24) is 10.2 Å². The van der Waals surface area contributed by atoms with Crippen LogP contribution in [0.4, 0.5) is 0 Å². The standard InChI is InChI=1S/C15H26N2S/c1-12(2)16-10-15(3,4)11-17-7-5-14-13(9-17)6-8-18-14/h6,8,12,16H,5,7,9-11H2,1-4H3. The first-order valence-corrected chi connectivity index (χ1v) is 7.85. The van der Waals surface area contributed by atoms with Crippen LogP contribution in [0.15, 0.2) is 11.4 Å². The molecule has 0 fully saturated rings. The zero-order valence-electron chi connectivity index (χ0n) is 12.1. The van der Waals surface area contributed by atoms with E-state index in [0.29, 0.717) is 11.5 Å². The number of hydrogen-bond acceptors (Lipinski definition) is 3. The zero-order chi connectivity index (χ0) is 13.2. The molecule has 1 aliphatic heterocycles. The van der Waals surface area contributed by atoms with Crippen LogP contribution in [-0.2, 0) is 13.0 Å². The maximum atomic E-state index is 3.56. The Morgan fingerprint density at radius 2 is 2.22 bits per heavy atom. The lowest BCUT2D eigenvalue weighted by Gasteiger charge is -2.35. The van der Waals surface area contributed by atoms with Crippen molar-refractivity contribution in [2.24, 2.45) is 5.41 Å². The SMILES string of the molecule is CC(C)NCC(C)(C)CN1CCc2sccc2C1. The van der Waals surface area contributed by atoms with Crippen LogP contribution in [0.5, 0.6) is 0 Å². The third-order valence-electron chi connectivity index (χ3n) is 3.53. The van der Waals surface area contributed by atoms with E-state index in [0.717, 1.165) is 13.1 Å². The fourth-order valence-electron chi connectivity index (χ4n) is 2.58. The van der Waals surface area contributed by atoms with Gasteiger partial charge in [0, 0.05) is 37.1 Å². The fraction of sp³-hybridized carbons (Fsp3) is 0.733. The van der Waals surface area contributed by atoms with E-state index in [2.05, 4.69) is 49.4 Å². The van der Waals surface area contributed by atoms with E-state index in [1.165, 1.54) is 19.5 Å². The quantitative estimate of drug-likeness (QED) is 0.881. The summed E-state index contributed by atoms with van der Waals surface area (Å²) >= 11 is 1.92. The molecule has 0 aromatic carbocycles. The summed E-state index contributed by atoms with van der Waals surface area (Å²) in [5.74, 6) is 0. The lowest BCUT2D eigenvalue weighted by Crippen LogP contribution is -2.43. The Labute approximate surface area is 115 Å². The minimum atomic E-state index is 0.345. The average molecular weight is 266 g/mol. The van der Waals surface area contributed by atoms with Gasteiger partial charge in [-0.3, -0.25) is 4.90 Å². The molecule has 3 heteroatoms. The molecule has 1 aromatic heterocycles. The van der Waals surface area contributed by atoms with Crippen molar-refractivity contribution < 1.29 is 0 Å². The zero-order valence-corrected chi connectivity index (χ0v) is 12.9. The molecule has 1 aromatic rings. The summed E-state index contributed by atoms with van der Waals surface area (Å²) < 4.78 is 0. The summed E-state index contributed by atoms with van der Waals surface area (Å²) in [6, 6.07) is 2.88. The molecule has 2 rings (SSSR count). The molecule has 0 unspecified atom stereocenters. The highest BCUT2D eigenvalue weighted by atomic mass is 32.1. The van der Waals surface area contributed by atoms with E-state index in [1.54, 1.807) is 10.4 Å². The van der Waals surface area contributed by atoms with Gasteiger partial charge in [0.15, 0.2) is 0 Å². The van der Waals surface area contributed by atoms with Crippen molar-refractivity contribution in [2.45, 2.75) is 46.7 Å². The number of rotatable bonds is 5. The van der Waals surface area contributed by atoms with Crippen LogP contribution in [0, 0.1) is 5.41 Å². The number of nitrogens with zero attached hydrogens (tertiary/aromatic N) is 1. The van der Waals surface area contributed by atoms with Crippen molar-refractivity contribution in [3.05, 3.63) is 21.9 Å². The van der Waals surface area contributed by atoms with Gasteiger partial charge in [-0.2, -0.15) is 0 Å². The van der Waals surface area contributed by atoms with Gasteiger partial charge >= 0.3 is 0 Å². The van der Waals surface area contributed by atoms with Gasteiger partial charge in [-0.15, -0.1) is 11.3 Å². The smallest absolute Gasteiger partial charge is 0.0245 e. The Kier molecular flexibility index (Phi) is 4.46. The van der Waals surface area contributed by atoms with E-state index < -0.39 is 0 Å². The Hall–Kier alpha value is -0.380. The molecule has 0 spiro atoms. The molecule has 0 saturated carbocycles. The number of fused-ring (bicyclic) bond motifs is 1. The molecular weight excluding hydrogens is 240 g/mol. The highest BCUT2D eigenvalue weighted by molar-refractivity contribution is 7.10. The number of thiophene rings is 1. The van der Waals surface area contributed by atoms with Crippen LogP contribution in [0.3, 0.4) is 0 Å². The fourth-order valence-corrected chi connectivity index (χ4v) is 3.47. The predicted molar refractivity (Wildman–Crippen MR) is 80.2 cm³/mol. The summed E-state index contributed by atoms with van der Waals surface area (Å²) in [6.45, 7) is 13.8. The molecule has 18 heavy (non-hydrogen) atoms. The van der Waals surface area contributed by atoms with Gasteiger partial charge in [-0.25, -0.2) is 0 Å². The second-order valence-electron chi connectivity index (χ2n) is 6.53. The average Bonchev–Trinajstić information content (AvgIpc) is 2.73. The second-order valence-corrected chi connectivity index (χ2v) is 7.53. The molecule has 0 radical (unpaired) electrons. The molecule has 0 amide bonds. The van der Waals surface area contributed by atoms with Crippen LogP contribution >= 0.6 is 11.3 Å². The summed E-state index contributed by atoms with van der Waals surface area (Å²) in [7, 11) is 0. The molecule has 0 aliphatic carbocycles. The van der Waals surface area contributed by atoms with Crippen molar-refractivity contribution in [1.29, 1.82) is 0 Å². The molecule has 0 bridgehead atoms. The highest BCUT2D eigenvalue weighted by Gasteiger charge is 2.25. The van der Waals surface area contributed by atoms with Gasteiger partial charge in [0.1, 0.15) is 0 Å². The van der Waals surface area contributed by atoms with Gasteiger partial charge in [0.25, 0.3) is 0 Å². The third kappa shape index (κ3) is 3.81. The lowest BCUT2D eigenvalue weighted by molar-refractivity contribution is 0.160. The maximum Gasteiger partial charge on any atom is 0.0245 e. The first-order chi connectivity index (χ1) is 8.46. The monoisotopic (exact) mass is 266 g/mol. The topological polar surface area (TPSA) is 15.3 Å². The molecule has 0 saturated heterocycles. The van der Waals surface area contributed by atoms with Crippen molar-refractivity contribution in [2.75, 3.05) is 19.6 Å². The van der Waals surface area contributed by atoms with Crippen LogP contribution in [-0.4, -0.2) is 30.6 Å². The van der Waals surface area contributed by atoms with Crippen LogP contribution in [0.2, 0.25) is 0 Å². The van der Waals surface area contributed by atoms with Gasteiger partial charge in [0.2, 0.25) is 0 Å². The second kappa shape index (κ2) is 5.72. The van der Waals surface area contributed by atoms with E-state index in [9.17, 15) is 0 Å². The maximum absolute atomic E-state index is 3.56. The van der Waals surface area contributed by atoms with Gasteiger partial charge in [-0.1, -0.05) is 27.7 Å². The van der Waals surface area contributed by atoms with E-state index >= 15 is 0 Å². The number of hydrogen-bond donors (Lipinski definition) is 1. The summed E-state index contributed by atoms with van der Waals surface area (Å²) in [6.07, 6.45) is 1.24. The molecule has 1 aliphatic rings. The van der Waals surface area contributed by atoms with Gasteiger partial charge < -0.3 is 5.32 Å². The van der Waals surface area contributed by atoms with E-state index in [4.69, 9.17) is 0 Å². The third-order valence-corrected chi connectivity index (χ3v) is 4.55. The van der Waals surface area contributed by atoms with Crippen molar-refractivity contribution >= 4 is 11.3 Å². The van der Waals surface area contributed by atoms with Crippen LogP contribution in [0.1, 0.15) is 38.1 Å². The Morgan fingerprint density at radius 1 is 1.44 bits per heavy atom. The van der Waals surface area contributed by atoms with E-state index in [1.807, 2.05) is 11.3 Å². The first-order valence-electron chi connectivity index (χ1n) is 6.97. The molecule has 2 nitrogen and oxygen atoms in total. The molecular formula is C15H26N2S. The Balaban J connectivity index is 1.87. The van der Waals surface area contributed by atoms with Crippen molar-refractivity contribution in [3.63, 3.8) is 0 Å². The molecule has 1 N–H and O–H groups in total. The largest absolute Gasteiger partial charge is 0.314 e.